The maximum Gasteiger partial charge on any atom is 0.313 e. The fourth-order valence-electron chi connectivity index (χ4n) is 3.75. The molecule has 0 heterocycles. The molecule has 7 nitrogen and oxygen atoms in total. The van der Waals surface area contributed by atoms with Gasteiger partial charge in [0.1, 0.15) is 5.75 Å². The van der Waals surface area contributed by atoms with Crippen molar-refractivity contribution in [1.29, 1.82) is 0 Å². The quantitative estimate of drug-likeness (QED) is 0.622. The molecule has 0 spiro atoms. The zero-order valence-electron chi connectivity index (χ0n) is 17.9. The number of benzene rings is 2. The van der Waals surface area contributed by atoms with E-state index in [2.05, 4.69) is 22.9 Å². The summed E-state index contributed by atoms with van der Waals surface area (Å²) in [7, 11) is 1.60. The van der Waals surface area contributed by atoms with Gasteiger partial charge in [-0.2, -0.15) is 0 Å². The van der Waals surface area contributed by atoms with Gasteiger partial charge >= 0.3 is 11.8 Å². The molecule has 0 bridgehead atoms. The van der Waals surface area contributed by atoms with Gasteiger partial charge in [-0.05, 0) is 48.6 Å². The number of para-hydroxylation sites is 1. The normalized spacial score (nSPS) is 18.0. The van der Waals surface area contributed by atoms with Crippen molar-refractivity contribution in [3.63, 3.8) is 0 Å². The van der Waals surface area contributed by atoms with E-state index in [1.807, 2.05) is 24.3 Å². The molecule has 3 rings (SSSR count). The van der Waals surface area contributed by atoms with E-state index in [9.17, 15) is 14.4 Å². The van der Waals surface area contributed by atoms with Crippen LogP contribution in [0.4, 0.5) is 5.69 Å². The molecule has 164 valence electrons. The summed E-state index contributed by atoms with van der Waals surface area (Å²) in [4.78, 5) is 37.5. The van der Waals surface area contributed by atoms with Crippen molar-refractivity contribution in [3.8, 4) is 5.75 Å². The minimum atomic E-state index is -0.770. The molecular weight excluding hydrogens is 394 g/mol. The van der Waals surface area contributed by atoms with Gasteiger partial charge in [0.2, 0.25) is 0 Å². The molecule has 0 aliphatic heterocycles. The molecule has 0 saturated heterocycles. The molecule has 7 heteroatoms. The second kappa shape index (κ2) is 10.6. The topological polar surface area (TPSA) is 96.5 Å². The molecule has 3 amide bonds. The van der Waals surface area contributed by atoms with Gasteiger partial charge in [0.25, 0.3) is 5.91 Å². The van der Waals surface area contributed by atoms with Crippen molar-refractivity contribution >= 4 is 23.4 Å². The van der Waals surface area contributed by atoms with Crippen molar-refractivity contribution in [3.05, 3.63) is 59.7 Å². The number of anilines is 1. The predicted molar refractivity (Wildman–Crippen MR) is 119 cm³/mol. The summed E-state index contributed by atoms with van der Waals surface area (Å²) in [5.41, 5.74) is 1.51. The Morgan fingerprint density at radius 1 is 0.968 bits per heavy atom. The standard InChI is InChI=1S/C24H29N3O4/c1-16-7-3-5-9-20(16)26-23(29)24(30)27-21-10-6-4-8-19(21)22(28)25-15-17-11-13-18(31-2)14-12-17/h4,6,8,10-14,16,20H,3,5,7,9,15H2,1-2H3,(H,25,28)(H,26,29)(H,27,30)/t16-,20+/m0/s1. The summed E-state index contributed by atoms with van der Waals surface area (Å²) < 4.78 is 5.13. The average Bonchev–Trinajstić information content (AvgIpc) is 2.79. The molecule has 2 atom stereocenters. The van der Waals surface area contributed by atoms with Crippen LogP contribution in [0.5, 0.6) is 5.75 Å². The van der Waals surface area contributed by atoms with E-state index in [0.29, 0.717) is 23.7 Å². The Hall–Kier alpha value is -3.35. The lowest BCUT2D eigenvalue weighted by Crippen LogP contribution is -2.46. The molecule has 0 aromatic heterocycles. The molecule has 0 radical (unpaired) electrons. The summed E-state index contributed by atoms with van der Waals surface area (Å²) in [5, 5.41) is 8.25. The third-order valence-corrected chi connectivity index (χ3v) is 5.67. The Bertz CT molecular complexity index is 927. The minimum absolute atomic E-state index is 0.00930. The molecule has 0 unspecified atom stereocenters. The largest absolute Gasteiger partial charge is 0.497 e. The fraction of sp³-hybridized carbons (Fsp3) is 0.375. The second-order valence-corrected chi connectivity index (χ2v) is 7.87. The zero-order valence-corrected chi connectivity index (χ0v) is 17.9. The molecule has 1 aliphatic carbocycles. The lowest BCUT2D eigenvalue weighted by molar-refractivity contribution is -0.137. The van der Waals surface area contributed by atoms with Crippen molar-refractivity contribution in [1.82, 2.24) is 10.6 Å². The molecular formula is C24H29N3O4. The monoisotopic (exact) mass is 423 g/mol. The van der Waals surface area contributed by atoms with Crippen LogP contribution in [0.25, 0.3) is 0 Å². The highest BCUT2D eigenvalue weighted by Gasteiger charge is 2.26. The van der Waals surface area contributed by atoms with Gasteiger partial charge in [0, 0.05) is 12.6 Å². The van der Waals surface area contributed by atoms with Gasteiger partial charge in [0.15, 0.2) is 0 Å². The summed E-state index contributed by atoms with van der Waals surface area (Å²) in [6.45, 7) is 2.41. The van der Waals surface area contributed by atoms with Crippen molar-refractivity contribution in [2.24, 2.45) is 5.92 Å². The number of ether oxygens (including phenoxy) is 1. The second-order valence-electron chi connectivity index (χ2n) is 7.87. The van der Waals surface area contributed by atoms with E-state index in [1.54, 1.807) is 31.4 Å². The summed E-state index contributed by atoms with van der Waals surface area (Å²) in [6.07, 6.45) is 4.13. The maximum atomic E-state index is 12.7. The highest BCUT2D eigenvalue weighted by Crippen LogP contribution is 2.23. The van der Waals surface area contributed by atoms with Crippen LogP contribution >= 0.6 is 0 Å². The molecule has 1 aliphatic rings. The molecule has 2 aromatic rings. The van der Waals surface area contributed by atoms with Crippen LogP contribution in [0.1, 0.15) is 48.5 Å². The lowest BCUT2D eigenvalue weighted by Gasteiger charge is -2.29. The molecule has 2 aromatic carbocycles. The summed E-state index contributed by atoms with van der Waals surface area (Å²) in [5.74, 6) is -0.695. The van der Waals surface area contributed by atoms with Crippen LogP contribution < -0.4 is 20.7 Å². The fourth-order valence-corrected chi connectivity index (χ4v) is 3.75. The van der Waals surface area contributed by atoms with Gasteiger partial charge in [-0.15, -0.1) is 0 Å². The van der Waals surface area contributed by atoms with Crippen LogP contribution in [-0.4, -0.2) is 30.9 Å². The summed E-state index contributed by atoms with van der Waals surface area (Å²) >= 11 is 0. The Kier molecular flexibility index (Phi) is 7.65. The predicted octanol–water partition coefficient (Wildman–Crippen LogP) is 3.26. The third-order valence-electron chi connectivity index (χ3n) is 5.67. The van der Waals surface area contributed by atoms with E-state index in [4.69, 9.17) is 4.74 Å². The minimum Gasteiger partial charge on any atom is -0.497 e. The van der Waals surface area contributed by atoms with Gasteiger partial charge < -0.3 is 20.7 Å². The Labute approximate surface area is 182 Å². The Morgan fingerprint density at radius 3 is 2.39 bits per heavy atom. The number of carbonyl (C=O) groups excluding carboxylic acids is 3. The van der Waals surface area contributed by atoms with Crippen LogP contribution in [0.2, 0.25) is 0 Å². The number of methoxy groups -OCH3 is 1. The summed E-state index contributed by atoms with van der Waals surface area (Å²) in [6, 6.07) is 14.0. The first kappa shape index (κ1) is 22.3. The molecule has 1 fully saturated rings. The molecule has 3 N–H and O–H groups in total. The first-order chi connectivity index (χ1) is 15.0. The van der Waals surface area contributed by atoms with Gasteiger partial charge in [-0.3, -0.25) is 14.4 Å². The van der Waals surface area contributed by atoms with Gasteiger partial charge in [-0.25, -0.2) is 0 Å². The number of rotatable bonds is 6. The third kappa shape index (κ3) is 6.07. The van der Waals surface area contributed by atoms with E-state index in [0.717, 1.165) is 37.0 Å². The van der Waals surface area contributed by atoms with Crippen molar-refractivity contribution in [2.75, 3.05) is 12.4 Å². The van der Waals surface area contributed by atoms with Crippen LogP contribution in [0.3, 0.4) is 0 Å². The van der Waals surface area contributed by atoms with Crippen LogP contribution in [-0.2, 0) is 16.1 Å². The number of carbonyl (C=O) groups is 3. The Balaban J connectivity index is 1.60. The number of nitrogens with one attached hydrogen (secondary N) is 3. The number of hydrogen-bond donors (Lipinski definition) is 3. The average molecular weight is 424 g/mol. The SMILES string of the molecule is COc1ccc(CNC(=O)c2ccccc2NC(=O)C(=O)N[C@@H]2CCCC[C@@H]2C)cc1. The molecule has 1 saturated carbocycles. The van der Waals surface area contributed by atoms with E-state index < -0.39 is 11.8 Å². The van der Waals surface area contributed by atoms with Crippen molar-refractivity contribution in [2.45, 2.75) is 45.2 Å². The number of amides is 3. The zero-order chi connectivity index (χ0) is 22.2. The smallest absolute Gasteiger partial charge is 0.313 e. The first-order valence-corrected chi connectivity index (χ1v) is 10.6. The Morgan fingerprint density at radius 2 is 1.68 bits per heavy atom. The van der Waals surface area contributed by atoms with E-state index in [-0.39, 0.29) is 11.9 Å². The van der Waals surface area contributed by atoms with Crippen molar-refractivity contribution < 1.29 is 19.1 Å². The van der Waals surface area contributed by atoms with E-state index >= 15 is 0 Å². The highest BCUT2D eigenvalue weighted by atomic mass is 16.5. The van der Waals surface area contributed by atoms with Crippen LogP contribution in [0.15, 0.2) is 48.5 Å². The van der Waals surface area contributed by atoms with E-state index in [1.165, 1.54) is 0 Å². The van der Waals surface area contributed by atoms with Gasteiger partial charge in [-0.1, -0.05) is 44.0 Å². The highest BCUT2D eigenvalue weighted by molar-refractivity contribution is 6.40. The first-order valence-electron chi connectivity index (χ1n) is 10.6. The lowest BCUT2D eigenvalue weighted by atomic mass is 9.86. The maximum absolute atomic E-state index is 12.7. The number of hydrogen-bond acceptors (Lipinski definition) is 4. The van der Waals surface area contributed by atoms with Crippen LogP contribution in [0, 0.1) is 5.92 Å². The van der Waals surface area contributed by atoms with Gasteiger partial charge in [0.05, 0.1) is 18.4 Å². The molecule has 31 heavy (non-hydrogen) atoms.